The summed E-state index contributed by atoms with van der Waals surface area (Å²) in [5.74, 6) is -0.149. The lowest BCUT2D eigenvalue weighted by molar-refractivity contribution is -0.125. The Bertz CT molecular complexity index is 468. The number of nitrogens with zero attached hydrogens (tertiary/aromatic N) is 3. The van der Waals surface area contributed by atoms with Crippen LogP contribution >= 0.6 is 11.3 Å². The van der Waals surface area contributed by atoms with E-state index in [1.54, 1.807) is 13.2 Å². The van der Waals surface area contributed by atoms with Gasteiger partial charge in [0.1, 0.15) is 0 Å². The number of hydrogen-bond acceptors (Lipinski definition) is 5. The van der Waals surface area contributed by atoms with Gasteiger partial charge in [-0.25, -0.2) is 4.98 Å². The van der Waals surface area contributed by atoms with E-state index in [9.17, 15) is 9.59 Å². The van der Waals surface area contributed by atoms with Gasteiger partial charge in [-0.05, 0) is 27.3 Å². The van der Waals surface area contributed by atoms with Crippen molar-refractivity contribution in [2.45, 2.75) is 33.2 Å². The molecule has 7 heteroatoms. The number of nitrogens with one attached hydrogen (secondary N) is 1. The number of carbonyl (C=O) groups excluding carboxylic acids is 2. The Morgan fingerprint density at radius 1 is 1.33 bits per heavy atom. The zero-order valence-electron chi connectivity index (χ0n) is 13.3. The van der Waals surface area contributed by atoms with E-state index in [4.69, 9.17) is 0 Å². The summed E-state index contributed by atoms with van der Waals surface area (Å²) in [4.78, 5) is 31.6. The summed E-state index contributed by atoms with van der Waals surface area (Å²) in [5.41, 5.74) is -0.266. The minimum absolute atomic E-state index is 0.0737. The van der Waals surface area contributed by atoms with E-state index in [0.717, 1.165) is 0 Å². The van der Waals surface area contributed by atoms with Crippen molar-refractivity contribution in [3.8, 4) is 0 Å². The Morgan fingerprint density at radius 2 is 2.00 bits per heavy atom. The Balaban J connectivity index is 2.54. The second-order valence-corrected chi connectivity index (χ2v) is 6.74. The molecule has 1 aromatic rings. The van der Waals surface area contributed by atoms with Crippen molar-refractivity contribution in [1.29, 1.82) is 0 Å². The molecule has 2 amide bonds. The van der Waals surface area contributed by atoms with E-state index in [0.29, 0.717) is 11.7 Å². The van der Waals surface area contributed by atoms with Crippen LogP contribution in [0.2, 0.25) is 0 Å². The molecule has 118 valence electrons. The maximum absolute atomic E-state index is 12.2. The Labute approximate surface area is 130 Å². The summed E-state index contributed by atoms with van der Waals surface area (Å²) in [7, 11) is 1.70. The van der Waals surface area contributed by atoms with Crippen LogP contribution in [0.1, 0.15) is 27.7 Å². The molecule has 0 fully saturated rings. The summed E-state index contributed by atoms with van der Waals surface area (Å²) in [6.45, 7) is 8.78. The first-order chi connectivity index (χ1) is 9.73. The third kappa shape index (κ3) is 6.22. The van der Waals surface area contributed by atoms with Crippen molar-refractivity contribution >= 4 is 28.3 Å². The smallest absolute Gasteiger partial charge is 0.242 e. The summed E-state index contributed by atoms with van der Waals surface area (Å²) in [5, 5.41) is 5.39. The molecule has 21 heavy (non-hydrogen) atoms. The van der Waals surface area contributed by atoms with Crippen LogP contribution in [0.3, 0.4) is 0 Å². The van der Waals surface area contributed by atoms with Gasteiger partial charge in [-0.2, -0.15) is 0 Å². The number of amides is 2. The second kappa shape index (κ2) is 7.51. The van der Waals surface area contributed by atoms with Crippen molar-refractivity contribution in [2.75, 3.05) is 31.6 Å². The van der Waals surface area contributed by atoms with Gasteiger partial charge in [0.05, 0.1) is 13.1 Å². The monoisotopic (exact) mass is 312 g/mol. The number of anilines is 1. The first-order valence-corrected chi connectivity index (χ1v) is 7.80. The number of hydrogen-bond donors (Lipinski definition) is 1. The molecule has 0 radical (unpaired) electrons. The van der Waals surface area contributed by atoms with Gasteiger partial charge in [0.2, 0.25) is 11.8 Å². The lowest BCUT2D eigenvalue weighted by Gasteiger charge is -2.25. The predicted molar refractivity (Wildman–Crippen MR) is 85.5 cm³/mol. The average molecular weight is 312 g/mol. The Morgan fingerprint density at radius 3 is 2.48 bits per heavy atom. The predicted octanol–water partition coefficient (Wildman–Crippen LogP) is 1.34. The Kier molecular flexibility index (Phi) is 6.29. The lowest BCUT2D eigenvalue weighted by Crippen LogP contribution is -2.48. The molecule has 0 aliphatic heterocycles. The maximum Gasteiger partial charge on any atom is 0.242 e. The van der Waals surface area contributed by atoms with Crippen molar-refractivity contribution in [2.24, 2.45) is 0 Å². The van der Waals surface area contributed by atoms with Crippen molar-refractivity contribution in [3.63, 3.8) is 0 Å². The molecule has 0 spiro atoms. The Hall–Kier alpha value is -1.47. The van der Waals surface area contributed by atoms with E-state index < -0.39 is 0 Å². The van der Waals surface area contributed by atoms with Crippen LogP contribution in [0.4, 0.5) is 5.13 Å². The lowest BCUT2D eigenvalue weighted by atomic mass is 10.1. The van der Waals surface area contributed by atoms with Crippen LogP contribution < -0.4 is 10.2 Å². The van der Waals surface area contributed by atoms with Gasteiger partial charge in [-0.3, -0.25) is 19.4 Å². The standard InChI is InChI=1S/C14H24N4O2S/c1-6-18(9-11(19)16-14(2,3)4)10-12(20)17(5)13-15-7-8-21-13/h7-8H,6,9-10H2,1-5H3,(H,16,19). The van der Waals surface area contributed by atoms with Crippen LogP contribution in [0, 0.1) is 0 Å². The molecule has 1 aromatic heterocycles. The molecular weight excluding hydrogens is 288 g/mol. The molecule has 0 aliphatic rings. The molecule has 1 heterocycles. The fourth-order valence-corrected chi connectivity index (χ4v) is 2.35. The normalized spacial score (nSPS) is 11.5. The van der Waals surface area contributed by atoms with Crippen molar-refractivity contribution in [3.05, 3.63) is 11.6 Å². The first-order valence-electron chi connectivity index (χ1n) is 6.92. The van der Waals surface area contributed by atoms with E-state index in [2.05, 4.69) is 10.3 Å². The minimum atomic E-state index is -0.266. The SMILES string of the molecule is CCN(CC(=O)NC(C)(C)C)CC(=O)N(C)c1nccs1. The fourth-order valence-electron chi connectivity index (χ4n) is 1.73. The molecule has 0 saturated carbocycles. The van der Waals surface area contributed by atoms with Crippen LogP contribution in [-0.2, 0) is 9.59 Å². The minimum Gasteiger partial charge on any atom is -0.350 e. The highest BCUT2D eigenvalue weighted by atomic mass is 32.1. The van der Waals surface area contributed by atoms with E-state index in [1.807, 2.05) is 38.0 Å². The molecule has 0 bridgehead atoms. The van der Waals surface area contributed by atoms with Crippen molar-refractivity contribution in [1.82, 2.24) is 15.2 Å². The molecule has 1 rings (SSSR count). The number of thiazole rings is 1. The van der Waals surface area contributed by atoms with E-state index >= 15 is 0 Å². The molecule has 6 nitrogen and oxygen atoms in total. The molecular formula is C14H24N4O2S. The van der Waals surface area contributed by atoms with Crippen LogP contribution in [0.5, 0.6) is 0 Å². The average Bonchev–Trinajstić information content (AvgIpc) is 2.88. The quantitative estimate of drug-likeness (QED) is 0.861. The summed E-state index contributed by atoms with van der Waals surface area (Å²) >= 11 is 1.41. The largest absolute Gasteiger partial charge is 0.350 e. The van der Waals surface area contributed by atoms with Gasteiger partial charge >= 0.3 is 0 Å². The topological polar surface area (TPSA) is 65.5 Å². The van der Waals surface area contributed by atoms with Gasteiger partial charge in [0, 0.05) is 24.2 Å². The zero-order valence-corrected chi connectivity index (χ0v) is 14.2. The highest BCUT2D eigenvalue weighted by Crippen LogP contribution is 2.15. The number of aromatic nitrogens is 1. The summed E-state index contributed by atoms with van der Waals surface area (Å²) in [6, 6.07) is 0. The molecule has 0 atom stereocenters. The highest BCUT2D eigenvalue weighted by molar-refractivity contribution is 7.13. The zero-order chi connectivity index (χ0) is 16.0. The number of rotatable bonds is 6. The number of carbonyl (C=O) groups is 2. The summed E-state index contributed by atoms with van der Waals surface area (Å²) < 4.78 is 0. The van der Waals surface area contributed by atoms with E-state index in [1.165, 1.54) is 16.2 Å². The van der Waals surface area contributed by atoms with Crippen LogP contribution in [0.15, 0.2) is 11.6 Å². The van der Waals surface area contributed by atoms with Gasteiger partial charge in [0.25, 0.3) is 0 Å². The van der Waals surface area contributed by atoms with Crippen molar-refractivity contribution < 1.29 is 9.59 Å². The fraction of sp³-hybridized carbons (Fsp3) is 0.643. The third-order valence-electron chi connectivity index (χ3n) is 2.77. The van der Waals surface area contributed by atoms with Gasteiger partial charge in [-0.1, -0.05) is 6.92 Å². The second-order valence-electron chi connectivity index (χ2n) is 5.87. The highest BCUT2D eigenvalue weighted by Gasteiger charge is 2.20. The number of likely N-dealkylation sites (N-methyl/N-ethyl adjacent to an activating group) is 2. The van der Waals surface area contributed by atoms with Gasteiger partial charge in [-0.15, -0.1) is 11.3 Å². The molecule has 0 unspecified atom stereocenters. The third-order valence-corrected chi connectivity index (χ3v) is 3.62. The van der Waals surface area contributed by atoms with Gasteiger partial charge in [0.15, 0.2) is 5.13 Å². The molecule has 1 N–H and O–H groups in total. The summed E-state index contributed by atoms with van der Waals surface area (Å²) in [6.07, 6.45) is 1.66. The molecule has 0 aromatic carbocycles. The molecule has 0 saturated heterocycles. The van der Waals surface area contributed by atoms with Gasteiger partial charge < -0.3 is 5.32 Å². The maximum atomic E-state index is 12.2. The molecule has 0 aliphatic carbocycles. The van der Waals surface area contributed by atoms with Crippen LogP contribution in [-0.4, -0.2) is 53.9 Å². The van der Waals surface area contributed by atoms with E-state index in [-0.39, 0.29) is 30.4 Å². The van der Waals surface area contributed by atoms with Crippen LogP contribution in [0.25, 0.3) is 0 Å². The first kappa shape index (κ1) is 17.6.